The van der Waals surface area contributed by atoms with Crippen molar-refractivity contribution in [3.05, 3.63) is 36.0 Å². The lowest BCUT2D eigenvalue weighted by atomic mass is 10.1. The fourth-order valence-electron chi connectivity index (χ4n) is 2.04. The number of hydrogen-bond acceptors (Lipinski definition) is 3. The van der Waals surface area contributed by atoms with Crippen LogP contribution in [0.5, 0.6) is 0 Å². The highest BCUT2D eigenvalue weighted by Crippen LogP contribution is 2.19. The molecule has 0 saturated carbocycles. The Kier molecular flexibility index (Phi) is 4.19. The molecule has 0 bridgehead atoms. The lowest BCUT2D eigenvalue weighted by Crippen LogP contribution is -2.12. The van der Waals surface area contributed by atoms with Crippen molar-refractivity contribution < 1.29 is 9.53 Å². The number of hydrogen-bond donors (Lipinski definition) is 1. The molecule has 0 radical (unpaired) electrons. The largest absolute Gasteiger partial charge is 0.447 e. The standard InChI is InChI=1S/C15H16N2O2/c1-11(9-16)19-15(18)8-4-5-12-10-17-14-7-3-2-6-13(12)14/h2-3,6-7,10-11,17H,4-5,8H2,1H3. The average molecular weight is 256 g/mol. The molecule has 0 aliphatic rings. The molecule has 98 valence electrons. The van der Waals surface area contributed by atoms with Crippen molar-refractivity contribution >= 4 is 16.9 Å². The number of carbonyl (C=O) groups is 1. The smallest absolute Gasteiger partial charge is 0.307 e. The maximum absolute atomic E-state index is 11.4. The molecule has 2 rings (SSSR count). The summed E-state index contributed by atoms with van der Waals surface area (Å²) in [4.78, 5) is 14.6. The number of rotatable bonds is 5. The molecule has 1 aromatic carbocycles. The molecule has 1 atom stereocenters. The number of nitriles is 1. The third-order valence-electron chi connectivity index (χ3n) is 2.99. The first-order valence-corrected chi connectivity index (χ1v) is 6.35. The summed E-state index contributed by atoms with van der Waals surface area (Å²) in [6, 6.07) is 9.96. The highest BCUT2D eigenvalue weighted by molar-refractivity contribution is 5.83. The Morgan fingerprint density at radius 2 is 2.26 bits per heavy atom. The highest BCUT2D eigenvalue weighted by atomic mass is 16.5. The number of ether oxygens (including phenoxy) is 1. The van der Waals surface area contributed by atoms with Gasteiger partial charge in [0, 0.05) is 23.5 Å². The number of esters is 1. The second-order valence-corrected chi connectivity index (χ2v) is 4.47. The van der Waals surface area contributed by atoms with Gasteiger partial charge in [0.1, 0.15) is 6.07 Å². The van der Waals surface area contributed by atoms with Crippen LogP contribution < -0.4 is 0 Å². The van der Waals surface area contributed by atoms with E-state index < -0.39 is 6.10 Å². The van der Waals surface area contributed by atoms with Gasteiger partial charge in [-0.3, -0.25) is 4.79 Å². The van der Waals surface area contributed by atoms with Crippen LogP contribution in [0, 0.1) is 11.3 Å². The molecule has 4 heteroatoms. The zero-order chi connectivity index (χ0) is 13.7. The van der Waals surface area contributed by atoms with E-state index in [-0.39, 0.29) is 5.97 Å². The Hall–Kier alpha value is -2.28. The summed E-state index contributed by atoms with van der Waals surface area (Å²) in [5.74, 6) is -0.311. The van der Waals surface area contributed by atoms with E-state index in [1.54, 1.807) is 6.92 Å². The van der Waals surface area contributed by atoms with E-state index in [9.17, 15) is 4.79 Å². The molecule has 4 nitrogen and oxygen atoms in total. The summed E-state index contributed by atoms with van der Waals surface area (Å²) >= 11 is 0. The fourth-order valence-corrected chi connectivity index (χ4v) is 2.04. The van der Waals surface area contributed by atoms with Crippen LogP contribution in [0.4, 0.5) is 0 Å². The monoisotopic (exact) mass is 256 g/mol. The molecule has 0 aliphatic carbocycles. The van der Waals surface area contributed by atoms with E-state index in [1.165, 1.54) is 10.9 Å². The van der Waals surface area contributed by atoms with Gasteiger partial charge in [0.2, 0.25) is 0 Å². The molecule has 0 aliphatic heterocycles. The SMILES string of the molecule is CC(C#N)OC(=O)CCCc1c[nH]c2ccccc12. The quantitative estimate of drug-likeness (QED) is 0.836. The van der Waals surface area contributed by atoms with Crippen LogP contribution in [0.25, 0.3) is 10.9 Å². The van der Waals surface area contributed by atoms with E-state index in [0.717, 1.165) is 18.4 Å². The van der Waals surface area contributed by atoms with Crippen molar-refractivity contribution in [1.29, 1.82) is 5.26 Å². The highest BCUT2D eigenvalue weighted by Gasteiger charge is 2.09. The zero-order valence-corrected chi connectivity index (χ0v) is 10.8. The van der Waals surface area contributed by atoms with Crippen LogP contribution in [0.2, 0.25) is 0 Å². The van der Waals surface area contributed by atoms with Gasteiger partial charge in [0.15, 0.2) is 6.10 Å². The maximum atomic E-state index is 11.4. The number of aromatic nitrogens is 1. The van der Waals surface area contributed by atoms with E-state index in [4.69, 9.17) is 10.00 Å². The van der Waals surface area contributed by atoms with Gasteiger partial charge in [-0.15, -0.1) is 0 Å². The van der Waals surface area contributed by atoms with Crippen molar-refractivity contribution in [3.63, 3.8) is 0 Å². The van der Waals surface area contributed by atoms with Gasteiger partial charge in [0.05, 0.1) is 0 Å². The number of H-pyrrole nitrogens is 1. The molecule has 1 N–H and O–H groups in total. The van der Waals surface area contributed by atoms with Gasteiger partial charge in [0.25, 0.3) is 0 Å². The Morgan fingerprint density at radius 3 is 3.05 bits per heavy atom. The molecule has 1 aromatic heterocycles. The number of para-hydroxylation sites is 1. The van der Waals surface area contributed by atoms with Crippen LogP contribution in [0.1, 0.15) is 25.3 Å². The van der Waals surface area contributed by atoms with Crippen LogP contribution in [-0.4, -0.2) is 17.1 Å². The fraction of sp³-hybridized carbons (Fsp3) is 0.333. The van der Waals surface area contributed by atoms with Gasteiger partial charge >= 0.3 is 5.97 Å². The number of benzene rings is 1. The summed E-state index contributed by atoms with van der Waals surface area (Å²) in [6.45, 7) is 1.57. The second-order valence-electron chi connectivity index (χ2n) is 4.47. The van der Waals surface area contributed by atoms with E-state index >= 15 is 0 Å². The molecule has 0 fully saturated rings. The molecule has 1 unspecified atom stereocenters. The van der Waals surface area contributed by atoms with Crippen LogP contribution in [0.3, 0.4) is 0 Å². The second kappa shape index (κ2) is 6.05. The molecule has 2 aromatic rings. The summed E-state index contributed by atoms with van der Waals surface area (Å²) in [5.41, 5.74) is 2.31. The molecule has 0 amide bonds. The van der Waals surface area contributed by atoms with Gasteiger partial charge < -0.3 is 9.72 Å². The van der Waals surface area contributed by atoms with Crippen molar-refractivity contribution in [1.82, 2.24) is 4.98 Å². The van der Waals surface area contributed by atoms with Gasteiger partial charge in [-0.05, 0) is 31.4 Å². The van der Waals surface area contributed by atoms with Crippen LogP contribution in [-0.2, 0) is 16.0 Å². The van der Waals surface area contributed by atoms with E-state index in [1.807, 2.05) is 30.5 Å². The Labute approximate surface area is 112 Å². The number of nitrogens with one attached hydrogen (secondary N) is 1. The molecule has 0 saturated heterocycles. The minimum absolute atomic E-state index is 0.311. The van der Waals surface area contributed by atoms with Gasteiger partial charge in [-0.25, -0.2) is 0 Å². The van der Waals surface area contributed by atoms with E-state index in [2.05, 4.69) is 11.1 Å². The van der Waals surface area contributed by atoms with E-state index in [0.29, 0.717) is 6.42 Å². The molecule has 0 spiro atoms. The van der Waals surface area contributed by atoms with Crippen molar-refractivity contribution in [2.45, 2.75) is 32.3 Å². The first-order chi connectivity index (χ1) is 9.20. The Balaban J connectivity index is 1.86. The predicted octanol–water partition coefficient (Wildman–Crippen LogP) is 2.95. The number of carbonyl (C=O) groups excluding carboxylic acids is 1. The first-order valence-electron chi connectivity index (χ1n) is 6.35. The third kappa shape index (κ3) is 3.35. The zero-order valence-electron chi connectivity index (χ0n) is 10.8. The third-order valence-corrected chi connectivity index (χ3v) is 2.99. The number of fused-ring (bicyclic) bond motifs is 1. The van der Waals surface area contributed by atoms with Crippen LogP contribution in [0.15, 0.2) is 30.5 Å². The Morgan fingerprint density at radius 1 is 1.47 bits per heavy atom. The number of nitrogens with zero attached hydrogens (tertiary/aromatic N) is 1. The normalized spacial score (nSPS) is 12.0. The summed E-state index contributed by atoms with van der Waals surface area (Å²) in [6.07, 6.45) is 3.19. The van der Waals surface area contributed by atoms with Crippen molar-refractivity contribution in [2.75, 3.05) is 0 Å². The number of aryl methyl sites for hydroxylation is 1. The lowest BCUT2D eigenvalue weighted by Gasteiger charge is -2.05. The van der Waals surface area contributed by atoms with Crippen molar-refractivity contribution in [3.8, 4) is 6.07 Å². The Bertz CT molecular complexity index is 610. The summed E-state index contributed by atoms with van der Waals surface area (Å²) < 4.78 is 4.90. The number of aromatic amines is 1. The maximum Gasteiger partial charge on any atom is 0.307 e. The molecule has 1 heterocycles. The molecular weight excluding hydrogens is 240 g/mol. The lowest BCUT2D eigenvalue weighted by molar-refractivity contribution is -0.145. The van der Waals surface area contributed by atoms with Crippen molar-refractivity contribution in [2.24, 2.45) is 0 Å². The van der Waals surface area contributed by atoms with Gasteiger partial charge in [-0.2, -0.15) is 5.26 Å². The minimum atomic E-state index is -0.666. The topological polar surface area (TPSA) is 65.9 Å². The summed E-state index contributed by atoms with van der Waals surface area (Å²) in [7, 11) is 0. The predicted molar refractivity (Wildman–Crippen MR) is 72.4 cm³/mol. The summed E-state index contributed by atoms with van der Waals surface area (Å²) in [5, 5.41) is 9.74. The molecular formula is C15H16N2O2. The van der Waals surface area contributed by atoms with Crippen LogP contribution >= 0.6 is 0 Å². The average Bonchev–Trinajstić information content (AvgIpc) is 2.82. The molecule has 19 heavy (non-hydrogen) atoms. The first kappa shape index (κ1) is 13.2. The van der Waals surface area contributed by atoms with Gasteiger partial charge in [-0.1, -0.05) is 18.2 Å². The minimum Gasteiger partial charge on any atom is -0.447 e.